The number of carbonyl (C=O) groups excluding carboxylic acids is 1. The molecule has 0 radical (unpaired) electrons. The summed E-state index contributed by atoms with van der Waals surface area (Å²) in [5, 5.41) is 0. The summed E-state index contributed by atoms with van der Waals surface area (Å²) in [6.45, 7) is -0.149. The lowest BCUT2D eigenvalue weighted by atomic mass is 10.8. The van der Waals surface area contributed by atoms with Gasteiger partial charge in [0, 0.05) is 0 Å². The van der Waals surface area contributed by atoms with Crippen molar-refractivity contribution in [1.82, 2.24) is 0 Å². The van der Waals surface area contributed by atoms with E-state index >= 15 is 0 Å². The zero-order valence-electron chi connectivity index (χ0n) is 5.36. The first kappa shape index (κ1) is 9.09. The predicted octanol–water partition coefficient (Wildman–Crippen LogP) is 1.15. The fraction of sp³-hybridized carbons (Fsp3) is 0.400. The maximum Gasteiger partial charge on any atom is 0.637 e. The molecule has 5 heteroatoms. The van der Waals surface area contributed by atoms with Crippen LogP contribution in [0, 0.1) is 12.3 Å². The van der Waals surface area contributed by atoms with Crippen molar-refractivity contribution in [3.05, 3.63) is 0 Å². The van der Waals surface area contributed by atoms with Crippen LogP contribution in [0.15, 0.2) is 0 Å². The molecule has 0 aliphatic heterocycles. The second-order valence-electron chi connectivity index (χ2n) is 1.20. The third kappa shape index (κ3) is 3.18. The number of terminal acetylenes is 1. The molecule has 0 aromatic heterocycles. The van der Waals surface area contributed by atoms with E-state index in [0.29, 0.717) is 0 Å². The monoisotopic (exact) mass is 161 g/mol. The minimum absolute atomic E-state index is 0.149. The SMILES string of the molecule is C#CCO[P+](=O)C(=O)OC. The largest absolute Gasteiger partial charge is 0.637 e. The Morgan fingerprint density at radius 1 is 1.80 bits per heavy atom. The number of methoxy groups -OCH3 is 1. The molecule has 0 fully saturated rings. The standard InChI is InChI=1S/C5H6O4P/c1-3-4-9-10(7)5(6)8-2/h1H,4H2,2H3/q+1. The van der Waals surface area contributed by atoms with E-state index in [-0.39, 0.29) is 6.61 Å². The van der Waals surface area contributed by atoms with Crippen LogP contribution in [0.3, 0.4) is 0 Å². The molecule has 0 aromatic carbocycles. The first-order valence-electron chi connectivity index (χ1n) is 2.34. The number of hydrogen-bond donors (Lipinski definition) is 0. The minimum Gasteiger partial charge on any atom is -0.429 e. The van der Waals surface area contributed by atoms with Gasteiger partial charge in [-0.15, -0.1) is 10.9 Å². The first-order chi connectivity index (χ1) is 4.72. The van der Waals surface area contributed by atoms with Gasteiger partial charge in [0.25, 0.3) is 0 Å². The highest BCUT2D eigenvalue weighted by atomic mass is 31.1. The van der Waals surface area contributed by atoms with Crippen LogP contribution in [0.2, 0.25) is 0 Å². The highest BCUT2D eigenvalue weighted by Crippen LogP contribution is 2.23. The molecule has 1 unspecified atom stereocenters. The quantitative estimate of drug-likeness (QED) is 0.460. The maximum atomic E-state index is 10.5. The normalized spacial score (nSPS) is 9.80. The molecule has 0 saturated carbocycles. The molecule has 0 amide bonds. The summed E-state index contributed by atoms with van der Waals surface area (Å²) in [7, 11) is -1.28. The number of hydrogen-bond acceptors (Lipinski definition) is 4. The van der Waals surface area contributed by atoms with Gasteiger partial charge in [0.2, 0.25) is 0 Å². The predicted molar refractivity (Wildman–Crippen MR) is 34.8 cm³/mol. The molecule has 0 aromatic rings. The Morgan fingerprint density at radius 3 is 2.80 bits per heavy atom. The Hall–Kier alpha value is -0.910. The molecule has 0 rings (SSSR count). The highest BCUT2D eigenvalue weighted by molar-refractivity contribution is 7.58. The zero-order valence-corrected chi connectivity index (χ0v) is 6.26. The lowest BCUT2D eigenvalue weighted by molar-refractivity contribution is 0.193. The van der Waals surface area contributed by atoms with Gasteiger partial charge in [-0.05, 0) is 4.57 Å². The molecule has 10 heavy (non-hydrogen) atoms. The third-order valence-corrected chi connectivity index (χ3v) is 1.43. The van der Waals surface area contributed by atoms with Gasteiger partial charge >= 0.3 is 13.7 Å². The molecule has 0 aliphatic rings. The van der Waals surface area contributed by atoms with Crippen molar-refractivity contribution in [3.63, 3.8) is 0 Å². The van der Waals surface area contributed by atoms with Crippen LogP contribution in [-0.2, 0) is 13.8 Å². The summed E-state index contributed by atoms with van der Waals surface area (Å²) in [6, 6.07) is 0. The van der Waals surface area contributed by atoms with Crippen LogP contribution >= 0.6 is 8.03 Å². The van der Waals surface area contributed by atoms with Gasteiger partial charge in [-0.1, -0.05) is 5.92 Å². The van der Waals surface area contributed by atoms with E-state index in [2.05, 4.69) is 15.2 Å². The second kappa shape index (κ2) is 4.92. The fourth-order valence-electron chi connectivity index (χ4n) is 0.223. The van der Waals surface area contributed by atoms with E-state index in [1.807, 2.05) is 0 Å². The van der Waals surface area contributed by atoms with Crippen molar-refractivity contribution in [2.75, 3.05) is 13.7 Å². The van der Waals surface area contributed by atoms with Crippen molar-refractivity contribution in [2.45, 2.75) is 0 Å². The highest BCUT2D eigenvalue weighted by Gasteiger charge is 2.32. The van der Waals surface area contributed by atoms with Gasteiger partial charge in [-0.2, -0.15) is 4.79 Å². The fourth-order valence-corrected chi connectivity index (χ4v) is 0.669. The van der Waals surface area contributed by atoms with E-state index in [9.17, 15) is 9.36 Å². The van der Waals surface area contributed by atoms with Gasteiger partial charge in [0.15, 0.2) is 6.61 Å². The minimum atomic E-state index is -2.40. The number of carbonyl (C=O) groups is 1. The van der Waals surface area contributed by atoms with Gasteiger partial charge in [-0.3, -0.25) is 0 Å². The Bertz CT molecular complexity index is 181. The second-order valence-corrected chi connectivity index (χ2v) is 2.34. The van der Waals surface area contributed by atoms with Crippen LogP contribution in [0.5, 0.6) is 0 Å². The van der Waals surface area contributed by atoms with Crippen molar-refractivity contribution < 1.29 is 18.6 Å². The summed E-state index contributed by atoms with van der Waals surface area (Å²) >= 11 is 0. The molecular weight excluding hydrogens is 155 g/mol. The van der Waals surface area contributed by atoms with Gasteiger partial charge in [0.05, 0.1) is 7.11 Å². The van der Waals surface area contributed by atoms with Crippen LogP contribution in [0.4, 0.5) is 4.79 Å². The van der Waals surface area contributed by atoms with Crippen molar-refractivity contribution in [2.24, 2.45) is 0 Å². The average Bonchev–Trinajstić information content (AvgIpc) is 1.98. The van der Waals surface area contributed by atoms with Gasteiger partial charge in [0.1, 0.15) is 0 Å². The number of rotatable bonds is 3. The van der Waals surface area contributed by atoms with E-state index < -0.39 is 13.7 Å². The molecule has 0 bridgehead atoms. The third-order valence-electron chi connectivity index (χ3n) is 0.589. The maximum absolute atomic E-state index is 10.5. The molecule has 1 atom stereocenters. The van der Waals surface area contributed by atoms with Crippen LogP contribution in [0.1, 0.15) is 0 Å². The van der Waals surface area contributed by atoms with E-state index in [0.717, 1.165) is 7.11 Å². The first-order valence-corrected chi connectivity index (χ1v) is 3.51. The Kier molecular flexibility index (Phi) is 4.47. The smallest absolute Gasteiger partial charge is 0.429 e. The lowest BCUT2D eigenvalue weighted by Gasteiger charge is -1.81. The van der Waals surface area contributed by atoms with Crippen LogP contribution in [-0.4, -0.2) is 19.4 Å². The van der Waals surface area contributed by atoms with Crippen molar-refractivity contribution in [3.8, 4) is 12.3 Å². The zero-order chi connectivity index (χ0) is 7.98. The molecule has 0 heterocycles. The summed E-state index contributed by atoms with van der Waals surface area (Å²) in [4.78, 5) is 10.3. The number of ether oxygens (including phenoxy) is 1. The molecule has 54 valence electrons. The Morgan fingerprint density at radius 2 is 2.40 bits per heavy atom. The van der Waals surface area contributed by atoms with Crippen LogP contribution in [0.25, 0.3) is 0 Å². The topological polar surface area (TPSA) is 52.6 Å². The van der Waals surface area contributed by atoms with E-state index in [1.165, 1.54) is 0 Å². The molecule has 0 spiro atoms. The molecule has 4 nitrogen and oxygen atoms in total. The van der Waals surface area contributed by atoms with Crippen molar-refractivity contribution >= 4 is 13.7 Å². The Labute approximate surface area is 59.4 Å². The van der Waals surface area contributed by atoms with Crippen molar-refractivity contribution in [1.29, 1.82) is 0 Å². The van der Waals surface area contributed by atoms with Gasteiger partial charge < -0.3 is 4.74 Å². The molecule has 0 N–H and O–H groups in total. The summed E-state index contributed by atoms with van der Waals surface area (Å²) in [5.41, 5.74) is -0.898. The molecule has 0 aliphatic carbocycles. The lowest BCUT2D eigenvalue weighted by Crippen LogP contribution is -1.93. The molecule has 0 saturated heterocycles. The van der Waals surface area contributed by atoms with E-state index in [4.69, 9.17) is 6.42 Å². The molecular formula is C5H6O4P+. The summed E-state index contributed by atoms with van der Waals surface area (Å²) in [5.74, 6) is 2.06. The average molecular weight is 161 g/mol. The Balaban J connectivity index is 3.65. The van der Waals surface area contributed by atoms with Gasteiger partial charge in [-0.25, -0.2) is 0 Å². The van der Waals surface area contributed by atoms with E-state index in [1.54, 1.807) is 0 Å². The summed E-state index contributed by atoms with van der Waals surface area (Å²) < 4.78 is 18.9. The summed E-state index contributed by atoms with van der Waals surface area (Å²) in [6.07, 6.45) is 4.76. The van der Waals surface area contributed by atoms with Crippen LogP contribution < -0.4 is 0 Å².